The summed E-state index contributed by atoms with van der Waals surface area (Å²) in [4.78, 5) is 31.2. The molecule has 0 saturated carbocycles. The van der Waals surface area contributed by atoms with Gasteiger partial charge in [0.15, 0.2) is 6.29 Å². The SMILES string of the molecule is CC/C=C/C/C(=C/C/C(=C/C/C=C/CCCCCC[C]=O)[N+](=O)[O-])[N+](=O)[O-]. The largest absolute Gasteiger partial charge is 0.291 e. The Morgan fingerprint density at radius 2 is 1.52 bits per heavy atom. The Morgan fingerprint density at radius 3 is 2.15 bits per heavy atom. The molecule has 27 heavy (non-hydrogen) atoms. The first kappa shape index (κ1) is 24.4. The summed E-state index contributed by atoms with van der Waals surface area (Å²) in [6, 6.07) is 0. The molecule has 0 aromatic carbocycles. The minimum absolute atomic E-state index is 0.0322. The number of hydrogen-bond donors (Lipinski definition) is 0. The first-order valence-electron chi connectivity index (χ1n) is 9.34. The van der Waals surface area contributed by atoms with Crippen molar-refractivity contribution in [1.82, 2.24) is 0 Å². The van der Waals surface area contributed by atoms with Gasteiger partial charge in [0.2, 0.25) is 11.4 Å². The quantitative estimate of drug-likeness (QED) is 0.154. The molecule has 0 saturated heterocycles. The summed E-state index contributed by atoms with van der Waals surface area (Å²) in [6.45, 7) is 1.93. The van der Waals surface area contributed by atoms with Gasteiger partial charge in [0.05, 0.1) is 22.7 Å². The van der Waals surface area contributed by atoms with Gasteiger partial charge in [0.25, 0.3) is 0 Å². The van der Waals surface area contributed by atoms with Gasteiger partial charge in [-0.3, -0.25) is 25.0 Å². The Balaban J connectivity index is 4.44. The van der Waals surface area contributed by atoms with E-state index in [4.69, 9.17) is 0 Å². The van der Waals surface area contributed by atoms with E-state index >= 15 is 0 Å². The van der Waals surface area contributed by atoms with Crippen molar-refractivity contribution < 1.29 is 14.6 Å². The third kappa shape index (κ3) is 14.3. The molecule has 0 amide bonds. The van der Waals surface area contributed by atoms with Gasteiger partial charge in [-0.05, 0) is 44.3 Å². The highest BCUT2D eigenvalue weighted by atomic mass is 16.6. The minimum atomic E-state index is -0.495. The summed E-state index contributed by atoms with van der Waals surface area (Å²) in [5.41, 5.74) is -0.0706. The summed E-state index contributed by atoms with van der Waals surface area (Å²) < 4.78 is 0. The van der Waals surface area contributed by atoms with Crippen LogP contribution in [-0.2, 0) is 4.79 Å². The van der Waals surface area contributed by atoms with Crippen LogP contribution in [0, 0.1) is 20.2 Å². The summed E-state index contributed by atoms with van der Waals surface area (Å²) in [5, 5.41) is 22.1. The summed E-state index contributed by atoms with van der Waals surface area (Å²) in [5.74, 6) is 0. The van der Waals surface area contributed by atoms with Gasteiger partial charge in [0, 0.05) is 6.42 Å². The third-order valence-corrected chi connectivity index (χ3v) is 3.80. The Hall–Kier alpha value is -2.57. The molecule has 0 spiro atoms. The number of hydrogen-bond acceptors (Lipinski definition) is 5. The van der Waals surface area contributed by atoms with E-state index < -0.39 is 9.85 Å². The van der Waals surface area contributed by atoms with E-state index in [1.807, 2.05) is 31.4 Å². The standard InChI is InChI=1S/C20H29N2O5/c1-2-3-11-14-19(21(24)25)16-17-20(22(26)27)15-12-9-7-5-4-6-8-10-13-18-23/h3,7,9,11,15-16H,2,4-6,8,10,12-14,17H2,1H3/b9-7+,11-3+,19-16-,20-15-. The van der Waals surface area contributed by atoms with Gasteiger partial charge < -0.3 is 0 Å². The number of nitro groups is 2. The number of carbonyl (C=O) groups excluding carboxylic acids is 1. The van der Waals surface area contributed by atoms with E-state index in [1.165, 1.54) is 12.2 Å². The van der Waals surface area contributed by atoms with Crippen LogP contribution in [0.15, 0.2) is 47.9 Å². The first-order chi connectivity index (χ1) is 13.0. The molecule has 7 heteroatoms. The second-order valence-electron chi connectivity index (χ2n) is 6.00. The fourth-order valence-electron chi connectivity index (χ4n) is 2.29. The molecule has 0 aromatic rings. The zero-order chi connectivity index (χ0) is 20.3. The molecule has 0 bridgehead atoms. The first-order valence-corrected chi connectivity index (χ1v) is 9.34. The average molecular weight is 377 g/mol. The number of unbranched alkanes of at least 4 members (excludes halogenated alkanes) is 5. The Morgan fingerprint density at radius 1 is 0.852 bits per heavy atom. The molecule has 0 unspecified atom stereocenters. The molecule has 1 radical (unpaired) electrons. The van der Waals surface area contributed by atoms with Crippen molar-refractivity contribution in [2.24, 2.45) is 0 Å². The zero-order valence-electron chi connectivity index (χ0n) is 16.0. The van der Waals surface area contributed by atoms with Crippen LogP contribution < -0.4 is 0 Å². The average Bonchev–Trinajstić information content (AvgIpc) is 2.63. The number of allylic oxidation sites excluding steroid dienone is 6. The fraction of sp³-hybridized carbons (Fsp3) is 0.550. The van der Waals surface area contributed by atoms with Crippen molar-refractivity contribution in [2.45, 2.75) is 71.1 Å². The van der Waals surface area contributed by atoms with Crippen LogP contribution in [0.5, 0.6) is 0 Å². The molecule has 7 nitrogen and oxygen atoms in total. The predicted octanol–water partition coefficient (Wildman–Crippen LogP) is 5.45. The lowest BCUT2D eigenvalue weighted by molar-refractivity contribution is -0.431. The number of rotatable bonds is 16. The summed E-state index contributed by atoms with van der Waals surface area (Å²) in [7, 11) is 0. The maximum atomic E-state index is 11.1. The van der Waals surface area contributed by atoms with Crippen molar-refractivity contribution >= 4 is 6.29 Å². The highest BCUT2D eigenvalue weighted by Crippen LogP contribution is 2.12. The van der Waals surface area contributed by atoms with Crippen LogP contribution in [0.1, 0.15) is 71.1 Å². The second-order valence-corrected chi connectivity index (χ2v) is 6.00. The molecule has 0 fully saturated rings. The van der Waals surface area contributed by atoms with Crippen LogP contribution in [0.3, 0.4) is 0 Å². The van der Waals surface area contributed by atoms with Crippen molar-refractivity contribution in [2.75, 3.05) is 0 Å². The van der Waals surface area contributed by atoms with Crippen LogP contribution in [0.25, 0.3) is 0 Å². The van der Waals surface area contributed by atoms with E-state index in [-0.39, 0.29) is 24.2 Å². The van der Waals surface area contributed by atoms with Crippen LogP contribution in [0.4, 0.5) is 0 Å². The van der Waals surface area contributed by atoms with Gasteiger partial charge in [0.1, 0.15) is 0 Å². The highest BCUT2D eigenvalue weighted by molar-refractivity contribution is 5.50. The topological polar surface area (TPSA) is 103 Å². The zero-order valence-corrected chi connectivity index (χ0v) is 16.0. The van der Waals surface area contributed by atoms with Gasteiger partial charge >= 0.3 is 0 Å². The minimum Gasteiger partial charge on any atom is -0.291 e. The summed E-state index contributed by atoms with van der Waals surface area (Å²) >= 11 is 0. The molecule has 0 aliphatic heterocycles. The lowest BCUT2D eigenvalue weighted by atomic mass is 10.1. The monoisotopic (exact) mass is 377 g/mol. The normalized spacial score (nSPS) is 12.8. The molecular weight excluding hydrogens is 348 g/mol. The fourth-order valence-corrected chi connectivity index (χ4v) is 2.29. The van der Waals surface area contributed by atoms with Crippen molar-refractivity contribution in [1.29, 1.82) is 0 Å². The third-order valence-electron chi connectivity index (χ3n) is 3.80. The molecule has 0 atom stereocenters. The lowest BCUT2D eigenvalue weighted by Crippen LogP contribution is -2.01. The highest BCUT2D eigenvalue weighted by Gasteiger charge is 2.13. The Kier molecular flexibility index (Phi) is 15.3. The Labute approximate surface area is 160 Å². The van der Waals surface area contributed by atoms with E-state index in [2.05, 4.69) is 0 Å². The van der Waals surface area contributed by atoms with E-state index in [9.17, 15) is 25.0 Å². The molecule has 0 aliphatic rings. The van der Waals surface area contributed by atoms with Gasteiger partial charge in [-0.25, -0.2) is 0 Å². The molecular formula is C20H29N2O5. The van der Waals surface area contributed by atoms with E-state index in [0.717, 1.165) is 38.5 Å². The molecule has 0 aliphatic carbocycles. The van der Waals surface area contributed by atoms with Crippen LogP contribution in [0.2, 0.25) is 0 Å². The van der Waals surface area contributed by atoms with Crippen LogP contribution >= 0.6 is 0 Å². The van der Waals surface area contributed by atoms with Gasteiger partial charge in [-0.2, -0.15) is 0 Å². The lowest BCUT2D eigenvalue weighted by Gasteiger charge is -1.97. The number of nitrogens with zero attached hydrogens (tertiary/aromatic N) is 2. The Bertz CT molecular complexity index is 577. The maximum Gasteiger partial charge on any atom is 0.246 e. The maximum absolute atomic E-state index is 11.1. The van der Waals surface area contributed by atoms with Crippen LogP contribution in [-0.4, -0.2) is 16.1 Å². The molecule has 0 N–H and O–H groups in total. The van der Waals surface area contributed by atoms with E-state index in [0.29, 0.717) is 12.8 Å². The summed E-state index contributed by atoms with van der Waals surface area (Å²) in [6.07, 6.45) is 18.7. The molecule has 0 heterocycles. The second kappa shape index (κ2) is 16.9. The van der Waals surface area contributed by atoms with E-state index in [1.54, 1.807) is 6.08 Å². The van der Waals surface area contributed by atoms with Gasteiger partial charge in [-0.15, -0.1) is 0 Å². The smallest absolute Gasteiger partial charge is 0.246 e. The van der Waals surface area contributed by atoms with Crippen molar-refractivity contribution in [3.8, 4) is 0 Å². The molecule has 149 valence electrons. The predicted molar refractivity (Wildman–Crippen MR) is 106 cm³/mol. The van der Waals surface area contributed by atoms with Crippen molar-refractivity contribution in [3.05, 3.63) is 68.1 Å². The van der Waals surface area contributed by atoms with Crippen molar-refractivity contribution in [3.63, 3.8) is 0 Å². The van der Waals surface area contributed by atoms with Gasteiger partial charge in [-0.1, -0.05) is 44.1 Å². The molecule has 0 aromatic heterocycles. The molecule has 0 rings (SSSR count).